The molecule has 0 bridgehead atoms. The third-order valence-electron chi connectivity index (χ3n) is 4.10. The van der Waals surface area contributed by atoms with Gasteiger partial charge in [0.25, 0.3) is 15.7 Å². The van der Waals surface area contributed by atoms with Gasteiger partial charge in [-0.25, -0.2) is 8.42 Å². The number of sulfonamides is 1. The van der Waals surface area contributed by atoms with Gasteiger partial charge >= 0.3 is 0 Å². The SMILES string of the molecule is C=CCN(c1cccc(C)c1C)S(=O)(=O)c1ccc(C)c([N+](=O)[O-])c1. The van der Waals surface area contributed by atoms with E-state index in [1.54, 1.807) is 19.1 Å². The molecule has 25 heavy (non-hydrogen) atoms. The Morgan fingerprint density at radius 1 is 1.16 bits per heavy atom. The van der Waals surface area contributed by atoms with Gasteiger partial charge in [-0.05, 0) is 44.0 Å². The minimum atomic E-state index is -3.97. The van der Waals surface area contributed by atoms with E-state index in [2.05, 4.69) is 6.58 Å². The zero-order chi connectivity index (χ0) is 18.8. The minimum Gasteiger partial charge on any atom is -0.262 e. The van der Waals surface area contributed by atoms with Crippen molar-refractivity contribution in [1.82, 2.24) is 0 Å². The van der Waals surface area contributed by atoms with E-state index < -0.39 is 14.9 Å². The van der Waals surface area contributed by atoms with E-state index in [1.165, 1.54) is 22.5 Å². The van der Waals surface area contributed by atoms with Crippen molar-refractivity contribution in [3.05, 3.63) is 75.9 Å². The van der Waals surface area contributed by atoms with Crippen LogP contribution >= 0.6 is 0 Å². The largest absolute Gasteiger partial charge is 0.273 e. The van der Waals surface area contributed by atoms with E-state index in [1.807, 2.05) is 19.9 Å². The van der Waals surface area contributed by atoms with Crippen molar-refractivity contribution in [3.63, 3.8) is 0 Å². The molecule has 0 radical (unpaired) electrons. The molecule has 0 saturated carbocycles. The maximum atomic E-state index is 13.1. The van der Waals surface area contributed by atoms with Crippen LogP contribution in [-0.4, -0.2) is 19.9 Å². The molecule has 132 valence electrons. The first-order chi connectivity index (χ1) is 11.7. The highest BCUT2D eigenvalue weighted by Crippen LogP contribution is 2.30. The lowest BCUT2D eigenvalue weighted by molar-refractivity contribution is -0.385. The molecule has 0 heterocycles. The van der Waals surface area contributed by atoms with E-state index in [0.29, 0.717) is 11.3 Å². The summed E-state index contributed by atoms with van der Waals surface area (Å²) in [5.41, 5.74) is 2.50. The molecule has 0 aliphatic rings. The molecule has 0 spiro atoms. The van der Waals surface area contributed by atoms with Crippen LogP contribution in [0.25, 0.3) is 0 Å². The summed E-state index contributed by atoms with van der Waals surface area (Å²) < 4.78 is 27.5. The van der Waals surface area contributed by atoms with Crippen LogP contribution < -0.4 is 4.31 Å². The summed E-state index contributed by atoms with van der Waals surface area (Å²) in [6.07, 6.45) is 1.49. The van der Waals surface area contributed by atoms with Gasteiger partial charge in [0.05, 0.1) is 22.1 Å². The van der Waals surface area contributed by atoms with Gasteiger partial charge in [0, 0.05) is 11.6 Å². The molecular weight excluding hydrogens is 340 g/mol. The fourth-order valence-corrected chi connectivity index (χ4v) is 4.04. The highest BCUT2D eigenvalue weighted by Gasteiger charge is 2.27. The molecule has 0 amide bonds. The van der Waals surface area contributed by atoms with Gasteiger partial charge in [-0.2, -0.15) is 0 Å². The molecule has 7 heteroatoms. The summed E-state index contributed by atoms with van der Waals surface area (Å²) in [6, 6.07) is 9.33. The predicted molar refractivity (Wildman–Crippen MR) is 98.5 cm³/mol. The Labute approximate surface area is 147 Å². The van der Waals surface area contributed by atoms with Crippen LogP contribution in [0, 0.1) is 30.9 Å². The highest BCUT2D eigenvalue weighted by molar-refractivity contribution is 7.92. The van der Waals surface area contributed by atoms with Gasteiger partial charge in [-0.1, -0.05) is 24.3 Å². The lowest BCUT2D eigenvalue weighted by atomic mass is 10.1. The van der Waals surface area contributed by atoms with E-state index in [9.17, 15) is 18.5 Å². The van der Waals surface area contributed by atoms with Crippen LogP contribution in [0.15, 0.2) is 53.9 Å². The van der Waals surface area contributed by atoms with Crippen LogP contribution in [0.2, 0.25) is 0 Å². The fraction of sp³-hybridized carbons (Fsp3) is 0.222. The van der Waals surface area contributed by atoms with Crippen molar-refractivity contribution in [2.45, 2.75) is 25.7 Å². The molecule has 2 aromatic rings. The van der Waals surface area contributed by atoms with Gasteiger partial charge in [0.2, 0.25) is 0 Å². The lowest BCUT2D eigenvalue weighted by Gasteiger charge is -2.25. The summed E-state index contributed by atoms with van der Waals surface area (Å²) in [5.74, 6) is 0. The Morgan fingerprint density at radius 3 is 2.44 bits per heavy atom. The third kappa shape index (κ3) is 3.56. The number of aryl methyl sites for hydroxylation is 2. The number of anilines is 1. The first-order valence-electron chi connectivity index (χ1n) is 7.65. The lowest BCUT2D eigenvalue weighted by Crippen LogP contribution is -2.32. The van der Waals surface area contributed by atoms with Gasteiger partial charge in [0.15, 0.2) is 0 Å². The monoisotopic (exact) mass is 360 g/mol. The Morgan fingerprint density at radius 2 is 1.84 bits per heavy atom. The molecule has 0 aliphatic heterocycles. The molecular formula is C18H20N2O4S. The molecule has 2 aromatic carbocycles. The van der Waals surface area contributed by atoms with Crippen molar-refractivity contribution in [2.75, 3.05) is 10.8 Å². The average Bonchev–Trinajstić information content (AvgIpc) is 2.55. The zero-order valence-electron chi connectivity index (χ0n) is 14.4. The number of nitro groups is 1. The number of benzene rings is 2. The van der Waals surface area contributed by atoms with Gasteiger partial charge in [0.1, 0.15) is 0 Å². The minimum absolute atomic E-state index is 0.0638. The topological polar surface area (TPSA) is 80.5 Å². The maximum absolute atomic E-state index is 13.1. The highest BCUT2D eigenvalue weighted by atomic mass is 32.2. The van der Waals surface area contributed by atoms with Crippen LogP contribution in [0.5, 0.6) is 0 Å². The van der Waals surface area contributed by atoms with Crippen LogP contribution in [0.3, 0.4) is 0 Å². The van der Waals surface area contributed by atoms with Crippen molar-refractivity contribution < 1.29 is 13.3 Å². The number of nitro benzene ring substituents is 1. The first-order valence-corrected chi connectivity index (χ1v) is 9.09. The summed E-state index contributed by atoms with van der Waals surface area (Å²) in [5, 5.41) is 11.1. The second-order valence-corrected chi connectivity index (χ2v) is 7.61. The van der Waals surface area contributed by atoms with E-state index >= 15 is 0 Å². The van der Waals surface area contributed by atoms with E-state index in [0.717, 1.165) is 17.2 Å². The molecule has 0 N–H and O–H groups in total. The van der Waals surface area contributed by atoms with Crippen molar-refractivity contribution in [1.29, 1.82) is 0 Å². The molecule has 0 fully saturated rings. The second kappa shape index (κ2) is 7.06. The van der Waals surface area contributed by atoms with Crippen LogP contribution in [0.4, 0.5) is 11.4 Å². The number of hydrogen-bond acceptors (Lipinski definition) is 4. The summed E-state index contributed by atoms with van der Waals surface area (Å²) in [7, 11) is -3.97. The normalized spacial score (nSPS) is 11.2. The summed E-state index contributed by atoms with van der Waals surface area (Å²) in [4.78, 5) is 10.4. The van der Waals surface area contributed by atoms with Crippen molar-refractivity contribution in [3.8, 4) is 0 Å². The third-order valence-corrected chi connectivity index (χ3v) is 5.88. The molecule has 0 unspecified atom stereocenters. The van der Waals surface area contributed by atoms with Gasteiger partial charge < -0.3 is 0 Å². The fourth-order valence-electron chi connectivity index (χ4n) is 2.52. The molecule has 6 nitrogen and oxygen atoms in total. The van der Waals surface area contributed by atoms with Gasteiger partial charge in [-0.15, -0.1) is 6.58 Å². The molecule has 2 rings (SSSR count). The first kappa shape index (κ1) is 18.7. The van der Waals surface area contributed by atoms with E-state index in [4.69, 9.17) is 0 Å². The quantitative estimate of drug-likeness (QED) is 0.444. The van der Waals surface area contributed by atoms with Crippen LogP contribution in [-0.2, 0) is 10.0 Å². The molecule has 0 atom stereocenters. The molecule has 0 aliphatic carbocycles. The van der Waals surface area contributed by atoms with Crippen LogP contribution in [0.1, 0.15) is 16.7 Å². The Hall–Kier alpha value is -2.67. The smallest absolute Gasteiger partial charge is 0.262 e. The second-order valence-electron chi connectivity index (χ2n) is 5.75. The Balaban J connectivity index is 2.65. The maximum Gasteiger partial charge on any atom is 0.273 e. The summed E-state index contributed by atoms with van der Waals surface area (Å²) >= 11 is 0. The summed E-state index contributed by atoms with van der Waals surface area (Å²) in [6.45, 7) is 9.00. The number of rotatable bonds is 6. The molecule has 0 saturated heterocycles. The Bertz CT molecular complexity index is 936. The average molecular weight is 360 g/mol. The predicted octanol–water partition coefficient (Wildman–Crippen LogP) is 3.90. The van der Waals surface area contributed by atoms with Crippen molar-refractivity contribution >= 4 is 21.4 Å². The van der Waals surface area contributed by atoms with Gasteiger partial charge in [-0.3, -0.25) is 14.4 Å². The number of hydrogen-bond donors (Lipinski definition) is 0. The standard InChI is InChI=1S/C18H20N2O4S/c1-5-11-19(17-8-6-7-13(2)15(17)4)25(23,24)16-10-9-14(3)18(12-16)20(21)22/h5-10,12H,1,11H2,2-4H3. The number of nitrogens with zero attached hydrogens (tertiary/aromatic N) is 2. The molecule has 0 aromatic heterocycles. The van der Waals surface area contributed by atoms with E-state index in [-0.39, 0.29) is 17.1 Å². The Kier molecular flexibility index (Phi) is 5.27. The van der Waals surface area contributed by atoms with Crippen molar-refractivity contribution in [2.24, 2.45) is 0 Å². The zero-order valence-corrected chi connectivity index (χ0v) is 15.2.